The lowest BCUT2D eigenvalue weighted by atomic mass is 9.81. The molecular weight excluding hydrogens is 314 g/mol. The van der Waals surface area contributed by atoms with Crippen LogP contribution in [0, 0.1) is 29.6 Å². The summed E-state index contributed by atoms with van der Waals surface area (Å²) in [7, 11) is 0. The largest absolute Gasteiger partial charge is 0.481 e. The smallest absolute Gasteiger partial charge is 0.323 e. The number of ether oxygens (including phenoxy) is 1. The number of nitrogens with one attached hydrogen (secondary N) is 1. The number of rotatable bonds is 4. The number of carbonyl (C=O) groups excluding carboxylic acids is 1. The summed E-state index contributed by atoms with van der Waals surface area (Å²) >= 11 is 0. The maximum absolute atomic E-state index is 12.4. The number of aryl methyl sites for hydroxylation is 2. The number of carboxylic acid groups (broad SMARTS) is 1. The lowest BCUT2D eigenvalue weighted by Gasteiger charge is -2.21. The predicted molar refractivity (Wildman–Crippen MR) is 82.2 cm³/mol. The van der Waals surface area contributed by atoms with Gasteiger partial charge in [0, 0.05) is 30.8 Å². The molecule has 0 unspecified atom stereocenters. The van der Waals surface area contributed by atoms with Gasteiger partial charge in [-0.3, -0.25) is 14.8 Å². The SMILES string of the molecule is Cc1cc(NC(=O)N2C[C@@H]3COC[C@]3(C(=O)O)C2)nn1CCC#N. The molecule has 3 rings (SSSR count). The molecule has 0 radical (unpaired) electrons. The highest BCUT2D eigenvalue weighted by Gasteiger charge is 2.57. The number of carboxylic acids is 1. The molecule has 2 aliphatic rings. The number of hydrogen-bond acceptors (Lipinski definition) is 5. The van der Waals surface area contributed by atoms with E-state index < -0.39 is 11.4 Å². The molecule has 9 nitrogen and oxygen atoms in total. The van der Waals surface area contributed by atoms with E-state index in [1.807, 2.05) is 6.92 Å². The number of nitriles is 1. The highest BCUT2D eigenvalue weighted by Crippen LogP contribution is 2.41. The number of hydrogen-bond donors (Lipinski definition) is 2. The average molecular weight is 333 g/mol. The minimum Gasteiger partial charge on any atom is -0.481 e. The van der Waals surface area contributed by atoms with E-state index in [0.717, 1.165) is 5.69 Å². The van der Waals surface area contributed by atoms with Crippen LogP contribution in [0.4, 0.5) is 10.6 Å². The maximum Gasteiger partial charge on any atom is 0.323 e. The normalized spacial score (nSPS) is 25.3. The van der Waals surface area contributed by atoms with Gasteiger partial charge in [-0.1, -0.05) is 0 Å². The van der Waals surface area contributed by atoms with Crippen LogP contribution in [-0.2, 0) is 16.1 Å². The highest BCUT2D eigenvalue weighted by atomic mass is 16.5. The second kappa shape index (κ2) is 6.13. The van der Waals surface area contributed by atoms with Gasteiger partial charge in [-0.05, 0) is 6.92 Å². The third-order valence-corrected chi connectivity index (χ3v) is 4.74. The third kappa shape index (κ3) is 2.69. The molecule has 0 aromatic carbocycles. The molecule has 2 aliphatic heterocycles. The van der Waals surface area contributed by atoms with E-state index >= 15 is 0 Å². The predicted octanol–water partition coefficient (Wildman–Crippen LogP) is 0.670. The summed E-state index contributed by atoms with van der Waals surface area (Å²) in [4.78, 5) is 25.5. The standard InChI is InChI=1S/C15H19N5O4/c1-10-5-12(18-20(10)4-2-3-16)17-14(23)19-6-11-7-24-9-15(11,8-19)13(21)22/h5,11H,2,4,6-9H2,1H3,(H,21,22)(H,17,18,23)/t11-,15-/m1/s1. The molecule has 1 aromatic rings. The zero-order valence-corrected chi connectivity index (χ0v) is 13.4. The zero-order chi connectivity index (χ0) is 17.3. The van der Waals surface area contributed by atoms with Crippen molar-refractivity contribution in [2.45, 2.75) is 19.9 Å². The van der Waals surface area contributed by atoms with Crippen molar-refractivity contribution in [1.29, 1.82) is 5.26 Å². The average Bonchev–Trinajstić information content (AvgIpc) is 3.17. The molecule has 0 aliphatic carbocycles. The van der Waals surface area contributed by atoms with Crippen LogP contribution in [-0.4, -0.2) is 58.1 Å². The molecule has 2 amide bonds. The summed E-state index contributed by atoms with van der Waals surface area (Å²) in [5.41, 5.74) is -0.159. The number of likely N-dealkylation sites (tertiary alicyclic amines) is 1. The first-order valence-electron chi connectivity index (χ1n) is 7.75. The Hall–Kier alpha value is -2.60. The van der Waals surface area contributed by atoms with Crippen molar-refractivity contribution in [2.75, 3.05) is 31.6 Å². The van der Waals surface area contributed by atoms with Gasteiger partial charge in [0.15, 0.2) is 5.82 Å². The first-order valence-corrected chi connectivity index (χ1v) is 7.75. The Balaban J connectivity index is 1.66. The van der Waals surface area contributed by atoms with Gasteiger partial charge in [0.2, 0.25) is 0 Å². The minimum atomic E-state index is -1.00. The third-order valence-electron chi connectivity index (χ3n) is 4.74. The maximum atomic E-state index is 12.4. The number of aliphatic carboxylic acids is 1. The Morgan fingerprint density at radius 2 is 2.42 bits per heavy atom. The quantitative estimate of drug-likeness (QED) is 0.835. The lowest BCUT2D eigenvalue weighted by Crippen LogP contribution is -2.41. The highest BCUT2D eigenvalue weighted by molar-refractivity contribution is 5.89. The number of urea groups is 1. The molecule has 9 heteroatoms. The molecule has 0 bridgehead atoms. The van der Waals surface area contributed by atoms with E-state index in [4.69, 9.17) is 10.00 Å². The van der Waals surface area contributed by atoms with E-state index in [0.29, 0.717) is 31.9 Å². The second-order valence-electron chi connectivity index (χ2n) is 6.29. The van der Waals surface area contributed by atoms with Crippen LogP contribution in [0.2, 0.25) is 0 Å². The summed E-state index contributed by atoms with van der Waals surface area (Å²) in [6.07, 6.45) is 0.338. The van der Waals surface area contributed by atoms with Gasteiger partial charge in [0.1, 0.15) is 5.41 Å². The first kappa shape index (κ1) is 16.3. The van der Waals surface area contributed by atoms with Crippen molar-refractivity contribution in [3.05, 3.63) is 11.8 Å². The van der Waals surface area contributed by atoms with Crippen LogP contribution in [0.1, 0.15) is 12.1 Å². The Morgan fingerprint density at radius 1 is 1.62 bits per heavy atom. The van der Waals surface area contributed by atoms with Crippen molar-refractivity contribution in [1.82, 2.24) is 14.7 Å². The Kier molecular flexibility index (Phi) is 4.15. The number of carbonyl (C=O) groups is 2. The van der Waals surface area contributed by atoms with Crippen LogP contribution in [0.15, 0.2) is 6.07 Å². The summed E-state index contributed by atoms with van der Waals surface area (Å²) in [5, 5.41) is 25.1. The Labute approximate surface area is 138 Å². The van der Waals surface area contributed by atoms with Crippen molar-refractivity contribution in [3.8, 4) is 6.07 Å². The molecule has 0 spiro atoms. The first-order chi connectivity index (χ1) is 11.5. The topological polar surface area (TPSA) is 120 Å². The van der Waals surface area contributed by atoms with Gasteiger partial charge in [-0.2, -0.15) is 10.4 Å². The number of aromatic nitrogens is 2. The van der Waals surface area contributed by atoms with E-state index in [1.54, 1.807) is 10.7 Å². The molecule has 2 saturated heterocycles. The van der Waals surface area contributed by atoms with E-state index in [2.05, 4.69) is 16.5 Å². The molecule has 0 saturated carbocycles. The Morgan fingerprint density at radius 3 is 3.08 bits per heavy atom. The Bertz CT molecular complexity index is 709. The number of anilines is 1. The fourth-order valence-electron chi connectivity index (χ4n) is 3.33. The van der Waals surface area contributed by atoms with Gasteiger partial charge in [0.25, 0.3) is 0 Å². The van der Waals surface area contributed by atoms with Crippen LogP contribution < -0.4 is 5.32 Å². The van der Waals surface area contributed by atoms with Gasteiger partial charge in [-0.25, -0.2) is 4.79 Å². The van der Waals surface area contributed by atoms with Crippen LogP contribution in [0.5, 0.6) is 0 Å². The van der Waals surface area contributed by atoms with Crippen molar-refractivity contribution >= 4 is 17.8 Å². The second-order valence-corrected chi connectivity index (χ2v) is 6.29. The van der Waals surface area contributed by atoms with Crippen molar-refractivity contribution in [3.63, 3.8) is 0 Å². The lowest BCUT2D eigenvalue weighted by molar-refractivity contribution is -0.149. The fourth-order valence-corrected chi connectivity index (χ4v) is 3.33. The molecule has 128 valence electrons. The molecule has 3 heterocycles. The molecule has 2 fully saturated rings. The fraction of sp³-hybridized carbons (Fsp3) is 0.600. The van der Waals surface area contributed by atoms with Gasteiger partial charge >= 0.3 is 12.0 Å². The molecule has 2 N–H and O–H groups in total. The number of fused-ring (bicyclic) bond motifs is 1. The molecular formula is C15H19N5O4. The van der Waals surface area contributed by atoms with E-state index in [9.17, 15) is 14.7 Å². The summed E-state index contributed by atoms with van der Waals surface area (Å²) in [6.45, 7) is 3.29. The zero-order valence-electron chi connectivity index (χ0n) is 13.4. The van der Waals surface area contributed by atoms with Crippen LogP contribution >= 0.6 is 0 Å². The van der Waals surface area contributed by atoms with E-state index in [1.165, 1.54) is 4.90 Å². The van der Waals surface area contributed by atoms with Crippen LogP contribution in [0.3, 0.4) is 0 Å². The molecule has 24 heavy (non-hydrogen) atoms. The van der Waals surface area contributed by atoms with Crippen LogP contribution in [0.25, 0.3) is 0 Å². The summed E-state index contributed by atoms with van der Waals surface area (Å²) < 4.78 is 6.95. The number of amides is 2. The number of nitrogens with zero attached hydrogens (tertiary/aromatic N) is 4. The van der Waals surface area contributed by atoms with Gasteiger partial charge in [0.05, 0.1) is 32.2 Å². The summed E-state index contributed by atoms with van der Waals surface area (Å²) in [5.74, 6) is -0.708. The minimum absolute atomic E-state index is 0.132. The molecule has 1 aromatic heterocycles. The monoisotopic (exact) mass is 333 g/mol. The summed E-state index contributed by atoms with van der Waals surface area (Å²) in [6, 6.07) is 3.41. The van der Waals surface area contributed by atoms with Crippen molar-refractivity contribution in [2.24, 2.45) is 11.3 Å². The van der Waals surface area contributed by atoms with Crippen molar-refractivity contribution < 1.29 is 19.4 Å². The van der Waals surface area contributed by atoms with Gasteiger partial charge < -0.3 is 14.7 Å². The van der Waals surface area contributed by atoms with Gasteiger partial charge in [-0.15, -0.1) is 0 Å². The molecule has 2 atom stereocenters. The van der Waals surface area contributed by atoms with E-state index in [-0.39, 0.29) is 25.1 Å².